The van der Waals surface area contributed by atoms with Crippen LogP contribution in [0.2, 0.25) is 19.6 Å². The molecule has 2 rings (SSSR count). The maximum absolute atomic E-state index is 12.8. The smallest absolute Gasteiger partial charge is 0.338 e. The number of rotatable bonds is 12. The van der Waals surface area contributed by atoms with Gasteiger partial charge in [0.05, 0.1) is 24.3 Å². The molecular weight excluding hydrogens is 615 g/mol. The molecule has 0 aromatic heterocycles. The molecule has 0 atom stereocenters. The zero-order chi connectivity index (χ0) is 28.7. The fraction of sp³-hybridized carbons (Fsp3) is 0.455. The van der Waals surface area contributed by atoms with E-state index in [1.807, 2.05) is 12.1 Å². The van der Waals surface area contributed by atoms with E-state index >= 15 is 0 Å². The summed E-state index contributed by atoms with van der Waals surface area (Å²) < 4.78 is 11.9. The van der Waals surface area contributed by atoms with Gasteiger partial charge in [-0.3, -0.25) is 0 Å². The first-order valence-electron chi connectivity index (χ1n) is 14.0. The summed E-state index contributed by atoms with van der Waals surface area (Å²) in [6.45, 7) is 11.7. The van der Waals surface area contributed by atoms with Crippen molar-refractivity contribution in [2.45, 2.75) is 84.9 Å². The first-order valence-corrected chi connectivity index (χ1v) is 18.5. The maximum Gasteiger partial charge on any atom is 0.338 e. The Kier molecular flexibility index (Phi) is 14.4. The predicted octanol–water partition coefficient (Wildman–Crippen LogP) is 8.39. The van der Waals surface area contributed by atoms with Crippen LogP contribution in [0.15, 0.2) is 36.4 Å². The van der Waals surface area contributed by atoms with E-state index in [0.717, 1.165) is 60.5 Å². The van der Waals surface area contributed by atoms with Crippen LogP contribution in [0.4, 0.5) is 0 Å². The molecule has 0 fully saturated rings. The number of ether oxygens (including phenoxy) is 2. The number of hydrogen-bond acceptors (Lipinski definition) is 4. The highest BCUT2D eigenvalue weighted by Crippen LogP contribution is 2.16. The van der Waals surface area contributed by atoms with Crippen molar-refractivity contribution in [1.29, 1.82) is 0 Å². The molecule has 39 heavy (non-hydrogen) atoms. The van der Waals surface area contributed by atoms with Crippen molar-refractivity contribution in [3.05, 3.63) is 67.8 Å². The van der Waals surface area contributed by atoms with E-state index in [2.05, 4.69) is 79.4 Å². The molecular formula is C33H41IO4Si. The lowest BCUT2D eigenvalue weighted by molar-refractivity contribution is 0.0488. The number of carbonyl (C=O) groups excluding carboxylic acids is 2. The Hall–Kier alpha value is -2.55. The van der Waals surface area contributed by atoms with E-state index in [1.165, 1.54) is 0 Å². The molecule has 0 aliphatic carbocycles. The minimum absolute atomic E-state index is 0.333. The first kappa shape index (κ1) is 32.7. The summed E-state index contributed by atoms with van der Waals surface area (Å²) in [4.78, 5) is 25.4. The van der Waals surface area contributed by atoms with Crippen LogP contribution in [-0.2, 0) is 9.47 Å². The summed E-state index contributed by atoms with van der Waals surface area (Å²) in [7, 11) is -1.61. The summed E-state index contributed by atoms with van der Waals surface area (Å²) in [6.07, 6.45) is 8.39. The van der Waals surface area contributed by atoms with Gasteiger partial charge in [-0.05, 0) is 71.8 Å². The lowest BCUT2D eigenvalue weighted by Crippen LogP contribution is -2.16. The minimum Gasteiger partial charge on any atom is -0.462 e. The largest absolute Gasteiger partial charge is 0.462 e. The van der Waals surface area contributed by atoms with Gasteiger partial charge in [0, 0.05) is 20.3 Å². The third-order valence-corrected chi connectivity index (χ3v) is 7.20. The van der Waals surface area contributed by atoms with Crippen molar-refractivity contribution < 1.29 is 19.1 Å². The second-order valence-electron chi connectivity index (χ2n) is 10.7. The molecule has 0 aliphatic rings. The topological polar surface area (TPSA) is 52.6 Å². The van der Waals surface area contributed by atoms with Gasteiger partial charge in [-0.25, -0.2) is 9.59 Å². The summed E-state index contributed by atoms with van der Waals surface area (Å²) in [5, 5.41) is 0. The van der Waals surface area contributed by atoms with Crippen LogP contribution in [0.25, 0.3) is 0 Å². The molecule has 0 saturated carbocycles. The number of halogens is 1. The number of benzene rings is 2. The van der Waals surface area contributed by atoms with Gasteiger partial charge in [0.15, 0.2) is 0 Å². The van der Waals surface area contributed by atoms with E-state index in [1.54, 1.807) is 24.3 Å². The molecule has 6 heteroatoms. The molecule has 2 aromatic rings. The molecule has 4 nitrogen and oxygen atoms in total. The Morgan fingerprint density at radius 3 is 1.62 bits per heavy atom. The Labute approximate surface area is 249 Å². The van der Waals surface area contributed by atoms with Gasteiger partial charge in [0.25, 0.3) is 0 Å². The van der Waals surface area contributed by atoms with Crippen molar-refractivity contribution in [2.24, 2.45) is 0 Å². The predicted molar refractivity (Wildman–Crippen MR) is 171 cm³/mol. The molecule has 0 heterocycles. The van der Waals surface area contributed by atoms with Gasteiger partial charge in [-0.2, -0.15) is 0 Å². The van der Waals surface area contributed by atoms with Crippen LogP contribution < -0.4 is 0 Å². The summed E-state index contributed by atoms with van der Waals surface area (Å²) in [5.41, 5.74) is 6.43. The van der Waals surface area contributed by atoms with Crippen molar-refractivity contribution in [3.63, 3.8) is 0 Å². The van der Waals surface area contributed by atoms with Crippen LogP contribution in [0, 0.1) is 26.9 Å². The SMILES string of the molecule is CCCCCCOC(=O)c1cc(I)cc(C#Cc2cc(C#C[Si](C)(C)C)cc(C(=O)OCCCCCC)c2)c1. The maximum atomic E-state index is 12.8. The Morgan fingerprint density at radius 2 is 1.13 bits per heavy atom. The monoisotopic (exact) mass is 656 g/mol. The zero-order valence-corrected chi connectivity index (χ0v) is 27.2. The Balaban J connectivity index is 2.27. The summed E-state index contributed by atoms with van der Waals surface area (Å²) in [5.74, 6) is 8.88. The molecule has 0 radical (unpaired) electrons. The van der Waals surface area contributed by atoms with Crippen LogP contribution in [0.1, 0.15) is 103 Å². The van der Waals surface area contributed by atoms with Gasteiger partial charge in [-0.15, -0.1) is 5.54 Å². The van der Waals surface area contributed by atoms with Gasteiger partial charge < -0.3 is 9.47 Å². The second-order valence-corrected chi connectivity index (χ2v) is 16.7. The molecule has 0 amide bonds. The number of esters is 2. The highest BCUT2D eigenvalue weighted by molar-refractivity contribution is 14.1. The third-order valence-electron chi connectivity index (χ3n) is 5.70. The average Bonchev–Trinajstić information content (AvgIpc) is 2.89. The summed E-state index contributed by atoms with van der Waals surface area (Å²) >= 11 is 2.18. The zero-order valence-electron chi connectivity index (χ0n) is 24.0. The number of unbranched alkanes of at least 4 members (excludes halogenated alkanes) is 6. The fourth-order valence-corrected chi connectivity index (χ4v) is 4.82. The lowest BCUT2D eigenvalue weighted by atomic mass is 10.1. The average molecular weight is 657 g/mol. The normalized spacial score (nSPS) is 10.6. The molecule has 208 valence electrons. The molecule has 0 N–H and O–H groups in total. The third kappa shape index (κ3) is 13.4. The molecule has 0 aliphatic heterocycles. The van der Waals surface area contributed by atoms with Crippen molar-refractivity contribution in [2.75, 3.05) is 13.2 Å². The van der Waals surface area contributed by atoms with E-state index in [4.69, 9.17) is 9.47 Å². The Morgan fingerprint density at radius 1 is 0.667 bits per heavy atom. The van der Waals surface area contributed by atoms with Crippen LogP contribution in [0.5, 0.6) is 0 Å². The number of hydrogen-bond donors (Lipinski definition) is 0. The molecule has 2 aromatic carbocycles. The standard InChI is InChI=1S/C33H41IO4Si/c1-6-8-10-12-17-37-32(35)29-21-26(20-28(23-29)16-19-39(3,4)5)14-15-27-22-30(25-31(34)24-27)33(36)38-18-13-11-9-7-2/h20-25H,6-13,17-18H2,1-5H3. The van der Waals surface area contributed by atoms with Crippen LogP contribution in [0.3, 0.4) is 0 Å². The van der Waals surface area contributed by atoms with Gasteiger partial charge in [0.2, 0.25) is 0 Å². The van der Waals surface area contributed by atoms with E-state index in [0.29, 0.717) is 35.5 Å². The molecule has 0 unspecified atom stereocenters. The van der Waals surface area contributed by atoms with E-state index in [9.17, 15) is 9.59 Å². The first-order chi connectivity index (χ1) is 18.6. The minimum atomic E-state index is -1.61. The van der Waals surface area contributed by atoms with Crippen molar-refractivity contribution in [3.8, 4) is 23.3 Å². The summed E-state index contributed by atoms with van der Waals surface area (Å²) in [6, 6.07) is 10.9. The lowest BCUT2D eigenvalue weighted by Gasteiger charge is -2.07. The van der Waals surface area contributed by atoms with Crippen LogP contribution in [-0.4, -0.2) is 33.2 Å². The molecule has 0 saturated heterocycles. The highest BCUT2D eigenvalue weighted by atomic mass is 127. The van der Waals surface area contributed by atoms with Gasteiger partial charge in [0.1, 0.15) is 8.07 Å². The molecule has 0 bridgehead atoms. The van der Waals surface area contributed by atoms with Gasteiger partial charge in [-0.1, -0.05) is 89.8 Å². The van der Waals surface area contributed by atoms with E-state index in [-0.39, 0.29) is 11.9 Å². The van der Waals surface area contributed by atoms with Crippen molar-refractivity contribution in [1.82, 2.24) is 0 Å². The van der Waals surface area contributed by atoms with E-state index < -0.39 is 8.07 Å². The highest BCUT2D eigenvalue weighted by Gasteiger charge is 2.12. The fourth-order valence-electron chi connectivity index (χ4n) is 3.63. The van der Waals surface area contributed by atoms with Crippen molar-refractivity contribution >= 4 is 42.6 Å². The van der Waals surface area contributed by atoms with Crippen LogP contribution >= 0.6 is 22.6 Å². The van der Waals surface area contributed by atoms with Gasteiger partial charge >= 0.3 is 11.9 Å². The quantitative estimate of drug-likeness (QED) is 0.0758. The second kappa shape index (κ2) is 17.2. The molecule has 0 spiro atoms. The Bertz CT molecular complexity index is 1240. The number of carbonyl (C=O) groups is 2.